The van der Waals surface area contributed by atoms with Gasteiger partial charge in [0.05, 0.1) is 15.9 Å². The van der Waals surface area contributed by atoms with E-state index >= 15 is 0 Å². The van der Waals surface area contributed by atoms with Crippen LogP contribution < -0.4 is 4.74 Å². The van der Waals surface area contributed by atoms with Crippen LogP contribution in [0, 0.1) is 5.82 Å². The smallest absolute Gasteiger partial charge is 0.165 e. The molecule has 112 valence electrons. The Bertz CT molecular complexity index is 683. The first-order chi connectivity index (χ1) is 9.93. The molecular weight excluding hydrogens is 339 g/mol. The highest BCUT2D eigenvalue weighted by molar-refractivity contribution is 9.10. The van der Waals surface area contributed by atoms with Crippen molar-refractivity contribution < 1.29 is 13.9 Å². The van der Waals surface area contributed by atoms with Gasteiger partial charge in [0.1, 0.15) is 6.61 Å². The van der Waals surface area contributed by atoms with Gasteiger partial charge in [-0.1, -0.05) is 6.92 Å². The molecule has 2 aromatic rings. The van der Waals surface area contributed by atoms with E-state index in [4.69, 9.17) is 4.74 Å². The quantitative estimate of drug-likeness (QED) is 0.769. The number of ether oxygens (including phenoxy) is 1. The number of ketones is 1. The molecular formula is C15H16BrFN2O2. The molecule has 1 heterocycles. The number of carbonyl (C=O) groups is 1. The lowest BCUT2D eigenvalue weighted by atomic mass is 10.1. The molecule has 2 rings (SSSR count). The van der Waals surface area contributed by atoms with Gasteiger partial charge in [-0.2, -0.15) is 5.10 Å². The summed E-state index contributed by atoms with van der Waals surface area (Å²) in [6, 6.07) is 4.21. The van der Waals surface area contributed by atoms with Crippen molar-refractivity contribution in [2.45, 2.75) is 26.9 Å². The normalized spacial score (nSPS) is 10.7. The third-order valence-corrected chi connectivity index (χ3v) is 4.12. The monoisotopic (exact) mass is 354 g/mol. The van der Waals surface area contributed by atoms with Crippen molar-refractivity contribution in [1.29, 1.82) is 0 Å². The zero-order valence-corrected chi connectivity index (χ0v) is 13.7. The maximum Gasteiger partial charge on any atom is 0.165 e. The second-order valence-electron chi connectivity index (χ2n) is 4.67. The highest BCUT2D eigenvalue weighted by atomic mass is 79.9. The maximum atomic E-state index is 13.9. The van der Waals surface area contributed by atoms with Crippen LogP contribution in [0.3, 0.4) is 0 Å². The van der Waals surface area contributed by atoms with E-state index in [1.54, 1.807) is 10.7 Å². The van der Waals surface area contributed by atoms with Gasteiger partial charge in [-0.3, -0.25) is 9.48 Å². The summed E-state index contributed by atoms with van der Waals surface area (Å²) in [5, 5.41) is 4.35. The standard InChI is InChI=1S/C15H16BrFN2O2/c1-4-12-15(16)13(19(3)18-12)8-21-14-6-5-10(9(2)20)7-11(14)17/h5-7H,4,8H2,1-3H3. The van der Waals surface area contributed by atoms with Crippen molar-refractivity contribution in [1.82, 2.24) is 9.78 Å². The third-order valence-electron chi connectivity index (χ3n) is 3.21. The highest BCUT2D eigenvalue weighted by Crippen LogP contribution is 2.25. The zero-order chi connectivity index (χ0) is 15.6. The first-order valence-electron chi connectivity index (χ1n) is 6.57. The van der Waals surface area contributed by atoms with Gasteiger partial charge in [0.2, 0.25) is 0 Å². The van der Waals surface area contributed by atoms with Gasteiger partial charge < -0.3 is 4.74 Å². The molecule has 0 amide bonds. The molecule has 0 atom stereocenters. The van der Waals surface area contributed by atoms with Crippen LogP contribution in [0.1, 0.15) is 35.6 Å². The first kappa shape index (κ1) is 15.7. The second-order valence-corrected chi connectivity index (χ2v) is 5.47. The summed E-state index contributed by atoms with van der Waals surface area (Å²) in [6.07, 6.45) is 0.802. The molecule has 6 heteroatoms. The fraction of sp³-hybridized carbons (Fsp3) is 0.333. The van der Waals surface area contributed by atoms with Gasteiger partial charge in [-0.05, 0) is 47.5 Å². The molecule has 0 bridgehead atoms. The van der Waals surface area contributed by atoms with E-state index in [1.165, 1.54) is 19.1 Å². The van der Waals surface area contributed by atoms with E-state index in [-0.39, 0.29) is 18.1 Å². The molecule has 0 spiro atoms. The van der Waals surface area contributed by atoms with Crippen LogP contribution in [0.5, 0.6) is 5.75 Å². The van der Waals surface area contributed by atoms with Gasteiger partial charge in [-0.25, -0.2) is 4.39 Å². The Morgan fingerprint density at radius 1 is 1.48 bits per heavy atom. The summed E-state index contributed by atoms with van der Waals surface area (Å²) < 4.78 is 22.0. The Balaban J connectivity index is 2.17. The number of halogens is 2. The summed E-state index contributed by atoms with van der Waals surface area (Å²) >= 11 is 3.48. The van der Waals surface area contributed by atoms with Gasteiger partial charge >= 0.3 is 0 Å². The second kappa shape index (κ2) is 6.39. The summed E-state index contributed by atoms with van der Waals surface area (Å²) in [5.41, 5.74) is 2.10. The van der Waals surface area contributed by atoms with Crippen LogP contribution in [0.15, 0.2) is 22.7 Å². The molecule has 1 aromatic carbocycles. The summed E-state index contributed by atoms with van der Waals surface area (Å²) in [4.78, 5) is 11.2. The fourth-order valence-electron chi connectivity index (χ4n) is 1.96. The highest BCUT2D eigenvalue weighted by Gasteiger charge is 2.14. The minimum atomic E-state index is -0.545. The molecule has 0 unspecified atom stereocenters. The van der Waals surface area contributed by atoms with E-state index in [2.05, 4.69) is 21.0 Å². The Labute approximate surface area is 131 Å². The predicted molar refractivity (Wildman–Crippen MR) is 81.0 cm³/mol. The molecule has 0 aliphatic rings. The van der Waals surface area contributed by atoms with Crippen molar-refractivity contribution in [2.24, 2.45) is 7.05 Å². The van der Waals surface area contributed by atoms with Gasteiger partial charge in [0, 0.05) is 12.6 Å². The lowest BCUT2D eigenvalue weighted by Crippen LogP contribution is -2.05. The molecule has 21 heavy (non-hydrogen) atoms. The predicted octanol–water partition coefficient (Wildman–Crippen LogP) is 3.67. The van der Waals surface area contributed by atoms with E-state index in [0.29, 0.717) is 5.56 Å². The summed E-state index contributed by atoms with van der Waals surface area (Å²) in [6.45, 7) is 3.60. The minimum absolute atomic E-state index is 0.117. The average molecular weight is 355 g/mol. The average Bonchev–Trinajstić information content (AvgIpc) is 2.72. The van der Waals surface area contributed by atoms with Crippen LogP contribution >= 0.6 is 15.9 Å². The Morgan fingerprint density at radius 2 is 2.19 bits per heavy atom. The van der Waals surface area contributed by atoms with Crippen LogP contribution in [-0.4, -0.2) is 15.6 Å². The Morgan fingerprint density at radius 3 is 2.71 bits per heavy atom. The molecule has 0 saturated carbocycles. The number of nitrogens with zero attached hydrogens (tertiary/aromatic N) is 2. The molecule has 0 radical (unpaired) electrons. The fourth-order valence-corrected chi connectivity index (χ4v) is 2.69. The van der Waals surface area contributed by atoms with E-state index in [0.717, 1.165) is 22.3 Å². The number of rotatable bonds is 5. The summed E-state index contributed by atoms with van der Waals surface area (Å²) in [7, 11) is 1.82. The largest absolute Gasteiger partial charge is 0.484 e. The molecule has 1 aromatic heterocycles. The number of aryl methyl sites for hydroxylation is 2. The number of Topliss-reactive ketones (excluding diaryl/α,β-unsaturated/α-hetero) is 1. The van der Waals surface area contributed by atoms with Crippen LogP contribution in [0.25, 0.3) is 0 Å². The van der Waals surface area contributed by atoms with E-state index in [1.807, 2.05) is 14.0 Å². The lowest BCUT2D eigenvalue weighted by molar-refractivity contribution is 0.101. The first-order valence-corrected chi connectivity index (χ1v) is 7.36. The molecule has 0 aliphatic heterocycles. The number of hydrogen-bond acceptors (Lipinski definition) is 3. The van der Waals surface area contributed by atoms with Crippen molar-refractivity contribution >= 4 is 21.7 Å². The van der Waals surface area contributed by atoms with Gasteiger partial charge in [0.25, 0.3) is 0 Å². The van der Waals surface area contributed by atoms with Crippen LogP contribution in [0.2, 0.25) is 0 Å². The Kier molecular flexibility index (Phi) is 4.77. The number of benzene rings is 1. The minimum Gasteiger partial charge on any atom is -0.484 e. The zero-order valence-electron chi connectivity index (χ0n) is 12.1. The maximum absolute atomic E-state index is 13.9. The molecule has 0 saturated heterocycles. The van der Waals surface area contributed by atoms with Gasteiger partial charge in [-0.15, -0.1) is 0 Å². The van der Waals surface area contributed by atoms with Crippen LogP contribution in [0.4, 0.5) is 4.39 Å². The molecule has 4 nitrogen and oxygen atoms in total. The van der Waals surface area contributed by atoms with E-state index < -0.39 is 5.82 Å². The summed E-state index contributed by atoms with van der Waals surface area (Å²) in [5.74, 6) is -0.606. The topological polar surface area (TPSA) is 44.1 Å². The van der Waals surface area contributed by atoms with Crippen LogP contribution in [-0.2, 0) is 20.1 Å². The van der Waals surface area contributed by atoms with Crippen molar-refractivity contribution in [2.75, 3.05) is 0 Å². The molecule has 0 aliphatic carbocycles. The van der Waals surface area contributed by atoms with Crippen molar-refractivity contribution in [3.8, 4) is 5.75 Å². The number of carbonyl (C=O) groups excluding carboxylic acids is 1. The van der Waals surface area contributed by atoms with E-state index in [9.17, 15) is 9.18 Å². The van der Waals surface area contributed by atoms with Crippen molar-refractivity contribution in [3.63, 3.8) is 0 Å². The Hall–Kier alpha value is -1.69. The molecule has 0 N–H and O–H groups in total. The lowest BCUT2D eigenvalue weighted by Gasteiger charge is -2.08. The van der Waals surface area contributed by atoms with Gasteiger partial charge in [0.15, 0.2) is 17.3 Å². The van der Waals surface area contributed by atoms with Crippen molar-refractivity contribution in [3.05, 3.63) is 45.4 Å². The number of aromatic nitrogens is 2. The SMILES string of the molecule is CCc1nn(C)c(COc2ccc(C(C)=O)cc2F)c1Br. The third kappa shape index (κ3) is 3.32. The number of hydrogen-bond donors (Lipinski definition) is 0. The molecule has 0 fully saturated rings.